The number of nitrogen functional groups attached to an aromatic ring is 1. The van der Waals surface area contributed by atoms with E-state index in [9.17, 15) is 4.79 Å². The van der Waals surface area contributed by atoms with Gasteiger partial charge in [-0.2, -0.15) is 0 Å². The van der Waals surface area contributed by atoms with E-state index in [1.54, 1.807) is 18.2 Å². The van der Waals surface area contributed by atoms with E-state index >= 15 is 0 Å². The summed E-state index contributed by atoms with van der Waals surface area (Å²) in [4.78, 5) is 13.6. The van der Waals surface area contributed by atoms with Crippen LogP contribution in [0.2, 0.25) is 0 Å². The molecule has 0 radical (unpaired) electrons. The van der Waals surface area contributed by atoms with Gasteiger partial charge >= 0.3 is 0 Å². The van der Waals surface area contributed by atoms with Crippen molar-refractivity contribution >= 4 is 17.3 Å². The van der Waals surface area contributed by atoms with Gasteiger partial charge in [-0.3, -0.25) is 4.79 Å². The number of nitrogens with one attached hydrogen (secondary N) is 1. The first-order valence-corrected chi connectivity index (χ1v) is 6.55. The molecule has 0 aromatic heterocycles. The monoisotopic (exact) mass is 264 g/mol. The first-order chi connectivity index (χ1) is 8.91. The lowest BCUT2D eigenvalue weighted by molar-refractivity contribution is 0.100. The van der Waals surface area contributed by atoms with Crippen LogP contribution in [-0.4, -0.2) is 37.0 Å². The number of hydrogen-bond acceptors (Lipinski definition) is 4. The molecule has 1 aromatic carbocycles. The Kier molecular flexibility index (Phi) is 5.63. The van der Waals surface area contributed by atoms with E-state index in [2.05, 4.69) is 31.1 Å². The molecule has 19 heavy (non-hydrogen) atoms. The number of anilines is 2. The highest BCUT2D eigenvalue weighted by Crippen LogP contribution is 2.18. The van der Waals surface area contributed by atoms with Crippen LogP contribution in [0.25, 0.3) is 0 Å². The number of amides is 1. The number of carbonyl (C=O) groups is 1. The van der Waals surface area contributed by atoms with Crippen LogP contribution in [-0.2, 0) is 0 Å². The summed E-state index contributed by atoms with van der Waals surface area (Å²) in [6.07, 6.45) is 0.988. The Bertz CT molecular complexity index is 431. The molecule has 0 spiro atoms. The lowest BCUT2D eigenvalue weighted by atomic mass is 10.1. The van der Waals surface area contributed by atoms with Crippen LogP contribution >= 0.6 is 0 Å². The molecule has 1 amide bonds. The van der Waals surface area contributed by atoms with Crippen molar-refractivity contribution in [3.05, 3.63) is 23.8 Å². The Balaban J connectivity index is 2.53. The lowest BCUT2D eigenvalue weighted by Gasteiger charge is -2.21. The second-order valence-corrected chi connectivity index (χ2v) is 5.02. The predicted octanol–water partition coefficient (Wildman–Crippen LogP) is 1.51. The lowest BCUT2D eigenvalue weighted by Crippen LogP contribution is -2.28. The van der Waals surface area contributed by atoms with Gasteiger partial charge in [-0.25, -0.2) is 0 Å². The third-order valence-electron chi connectivity index (χ3n) is 3.19. The maximum Gasteiger partial charge on any atom is 0.250 e. The molecule has 5 N–H and O–H groups in total. The van der Waals surface area contributed by atoms with Gasteiger partial charge < -0.3 is 21.7 Å². The smallest absolute Gasteiger partial charge is 0.250 e. The van der Waals surface area contributed by atoms with Gasteiger partial charge in [0, 0.05) is 24.0 Å². The first kappa shape index (κ1) is 15.3. The fourth-order valence-corrected chi connectivity index (χ4v) is 1.73. The highest BCUT2D eigenvalue weighted by atomic mass is 16.1. The molecule has 106 valence electrons. The van der Waals surface area contributed by atoms with Crippen molar-refractivity contribution in [2.75, 3.05) is 31.2 Å². The van der Waals surface area contributed by atoms with Crippen LogP contribution in [0.4, 0.5) is 11.4 Å². The fourth-order valence-electron chi connectivity index (χ4n) is 1.73. The van der Waals surface area contributed by atoms with Crippen molar-refractivity contribution in [1.29, 1.82) is 0 Å². The summed E-state index contributed by atoms with van der Waals surface area (Å²) in [6, 6.07) is 5.61. The summed E-state index contributed by atoms with van der Waals surface area (Å²) < 4.78 is 0. The van der Waals surface area contributed by atoms with Gasteiger partial charge in [0.2, 0.25) is 0 Å². The fraction of sp³-hybridized carbons (Fsp3) is 0.500. The molecule has 0 heterocycles. The second-order valence-electron chi connectivity index (χ2n) is 5.02. The topological polar surface area (TPSA) is 84.4 Å². The van der Waals surface area contributed by atoms with Crippen LogP contribution in [0.1, 0.15) is 30.6 Å². The van der Waals surface area contributed by atoms with Crippen LogP contribution in [0, 0.1) is 0 Å². The van der Waals surface area contributed by atoms with Gasteiger partial charge in [-0.1, -0.05) is 0 Å². The number of benzene rings is 1. The molecule has 0 atom stereocenters. The van der Waals surface area contributed by atoms with E-state index in [-0.39, 0.29) is 0 Å². The van der Waals surface area contributed by atoms with Crippen molar-refractivity contribution in [2.45, 2.75) is 26.3 Å². The van der Waals surface area contributed by atoms with Crippen LogP contribution in [0.15, 0.2) is 18.2 Å². The van der Waals surface area contributed by atoms with Gasteiger partial charge in [0.05, 0.1) is 5.56 Å². The Morgan fingerprint density at radius 2 is 2.11 bits per heavy atom. The molecule has 5 nitrogen and oxygen atoms in total. The molecule has 0 bridgehead atoms. The Labute approximate surface area is 115 Å². The van der Waals surface area contributed by atoms with Crippen molar-refractivity contribution in [3.63, 3.8) is 0 Å². The minimum atomic E-state index is -0.443. The number of carbonyl (C=O) groups excluding carboxylic acids is 1. The van der Waals surface area contributed by atoms with Gasteiger partial charge in [0.25, 0.3) is 5.91 Å². The minimum Gasteiger partial charge on any atom is -0.399 e. The van der Waals surface area contributed by atoms with E-state index < -0.39 is 5.91 Å². The number of hydrogen-bond donors (Lipinski definition) is 3. The summed E-state index contributed by atoms with van der Waals surface area (Å²) in [7, 11) is 2.10. The van der Waals surface area contributed by atoms with E-state index in [1.807, 2.05) is 0 Å². The predicted molar refractivity (Wildman–Crippen MR) is 80.2 cm³/mol. The first-order valence-electron chi connectivity index (χ1n) is 6.55. The summed E-state index contributed by atoms with van der Waals surface area (Å²) in [5.41, 5.74) is 12.9. The number of primary amides is 1. The van der Waals surface area contributed by atoms with E-state index in [0.29, 0.717) is 23.0 Å². The summed E-state index contributed by atoms with van der Waals surface area (Å²) in [5, 5.41) is 3.22. The molecule has 0 aliphatic rings. The number of nitrogens with two attached hydrogens (primary N) is 2. The molecule has 0 unspecified atom stereocenters. The average Bonchev–Trinajstić information content (AvgIpc) is 2.33. The molecule has 5 heteroatoms. The SMILES string of the molecule is CC(C)N(C)CCCNc1cc(N)ccc1C(N)=O. The van der Waals surface area contributed by atoms with Crippen molar-refractivity contribution in [1.82, 2.24) is 4.90 Å². The van der Waals surface area contributed by atoms with Crippen molar-refractivity contribution in [3.8, 4) is 0 Å². The second kappa shape index (κ2) is 6.99. The highest BCUT2D eigenvalue weighted by molar-refractivity contribution is 5.99. The summed E-state index contributed by atoms with van der Waals surface area (Å²) in [5.74, 6) is -0.443. The zero-order chi connectivity index (χ0) is 14.4. The molecule has 1 rings (SSSR count). The molecule has 0 aliphatic carbocycles. The zero-order valence-corrected chi connectivity index (χ0v) is 11.9. The molecule has 0 aliphatic heterocycles. The van der Waals surface area contributed by atoms with Crippen LogP contribution in [0.3, 0.4) is 0 Å². The summed E-state index contributed by atoms with van der Waals surface area (Å²) in [6.45, 7) is 6.10. The minimum absolute atomic E-state index is 0.443. The Hall–Kier alpha value is -1.75. The van der Waals surface area contributed by atoms with Crippen LogP contribution in [0.5, 0.6) is 0 Å². The maximum absolute atomic E-state index is 11.3. The zero-order valence-electron chi connectivity index (χ0n) is 11.9. The largest absolute Gasteiger partial charge is 0.399 e. The standard InChI is InChI=1S/C14H24N4O/c1-10(2)18(3)8-4-7-17-13-9-11(15)5-6-12(13)14(16)19/h5-6,9-10,17H,4,7-8,15H2,1-3H3,(H2,16,19). The maximum atomic E-state index is 11.3. The number of nitrogens with zero attached hydrogens (tertiary/aromatic N) is 1. The normalized spacial score (nSPS) is 11.0. The quantitative estimate of drug-likeness (QED) is 0.515. The molecular weight excluding hydrogens is 240 g/mol. The van der Waals surface area contributed by atoms with Gasteiger partial charge in [-0.05, 0) is 52.1 Å². The van der Waals surface area contributed by atoms with Gasteiger partial charge in [0.1, 0.15) is 0 Å². The third-order valence-corrected chi connectivity index (χ3v) is 3.19. The third kappa shape index (κ3) is 4.79. The Morgan fingerprint density at radius 3 is 2.68 bits per heavy atom. The highest BCUT2D eigenvalue weighted by Gasteiger charge is 2.08. The van der Waals surface area contributed by atoms with Crippen LogP contribution < -0.4 is 16.8 Å². The van der Waals surface area contributed by atoms with E-state index in [1.165, 1.54) is 0 Å². The molecule has 1 aromatic rings. The van der Waals surface area contributed by atoms with E-state index in [4.69, 9.17) is 11.5 Å². The van der Waals surface area contributed by atoms with Crippen molar-refractivity contribution in [2.24, 2.45) is 5.73 Å². The Morgan fingerprint density at radius 1 is 1.42 bits per heavy atom. The molecular formula is C14H24N4O. The van der Waals surface area contributed by atoms with Crippen molar-refractivity contribution < 1.29 is 4.79 Å². The number of rotatable bonds is 7. The van der Waals surface area contributed by atoms with E-state index in [0.717, 1.165) is 19.5 Å². The van der Waals surface area contributed by atoms with Gasteiger partial charge in [0.15, 0.2) is 0 Å². The molecule has 0 fully saturated rings. The summed E-state index contributed by atoms with van der Waals surface area (Å²) >= 11 is 0. The average molecular weight is 264 g/mol. The molecule has 0 saturated heterocycles. The molecule has 0 saturated carbocycles. The van der Waals surface area contributed by atoms with Gasteiger partial charge in [-0.15, -0.1) is 0 Å².